The monoisotopic (exact) mass is 460 g/mol. The van der Waals surface area contributed by atoms with Crippen LogP contribution in [0.4, 0.5) is 0 Å². The summed E-state index contributed by atoms with van der Waals surface area (Å²) in [5, 5.41) is 32.5. The average molecular weight is 461 g/mol. The molecule has 5 rings (SSSR count). The molecule has 176 valence electrons. The summed E-state index contributed by atoms with van der Waals surface area (Å²) >= 11 is 0. The lowest BCUT2D eigenvalue weighted by Crippen LogP contribution is -2.34. The number of nitriles is 1. The summed E-state index contributed by atoms with van der Waals surface area (Å²) in [6.45, 7) is 5.78. The normalized spacial score (nSPS) is 19.8. The average Bonchev–Trinajstić information content (AvgIpc) is 3.53. The van der Waals surface area contributed by atoms with Gasteiger partial charge in [0.05, 0.1) is 11.7 Å². The molecule has 2 N–H and O–H groups in total. The van der Waals surface area contributed by atoms with E-state index in [0.717, 1.165) is 37.9 Å². The van der Waals surface area contributed by atoms with E-state index in [1.165, 1.54) is 11.1 Å². The molecule has 1 atom stereocenters. The molecule has 0 radical (unpaired) electrons. The minimum Gasteiger partial charge on any atom is -0.490 e. The number of fused-ring (bicyclic) bond motifs is 2. The van der Waals surface area contributed by atoms with Crippen LogP contribution in [0.25, 0.3) is 22.8 Å². The standard InChI is InChI=1S/C26H28N4O4/c1-16(2)33-22-7-6-17(12-18(22)13-27)25-28-24(29-34-25)20-4-3-5-21-19(20)8-9-26(21)10-11-30(15-26)14-23(31)32/h3-7,12,16,23,31-32H,8-11,14-15H2,1-2H3. The zero-order valence-corrected chi connectivity index (χ0v) is 19.4. The highest BCUT2D eigenvalue weighted by atomic mass is 16.5. The second-order valence-corrected chi connectivity index (χ2v) is 9.49. The molecule has 0 saturated carbocycles. The molecule has 2 heterocycles. The second kappa shape index (κ2) is 8.84. The molecule has 2 aliphatic rings. The summed E-state index contributed by atoms with van der Waals surface area (Å²) in [7, 11) is 0. The molecule has 1 aliphatic carbocycles. The number of aliphatic hydroxyl groups excluding tert-OH is 1. The Morgan fingerprint density at radius 3 is 2.85 bits per heavy atom. The van der Waals surface area contributed by atoms with Crippen LogP contribution in [0.2, 0.25) is 0 Å². The van der Waals surface area contributed by atoms with Crippen molar-refractivity contribution in [3.05, 3.63) is 53.1 Å². The molecule has 0 amide bonds. The van der Waals surface area contributed by atoms with Crippen LogP contribution in [0.1, 0.15) is 43.4 Å². The maximum atomic E-state index is 9.53. The molecule has 1 unspecified atom stereocenters. The van der Waals surface area contributed by atoms with E-state index in [4.69, 9.17) is 9.26 Å². The molecule has 1 aromatic heterocycles. The number of hydrogen-bond acceptors (Lipinski definition) is 8. The fourth-order valence-electron chi connectivity index (χ4n) is 5.39. The first-order chi connectivity index (χ1) is 16.4. The number of aliphatic hydroxyl groups is 2. The fourth-order valence-corrected chi connectivity index (χ4v) is 5.39. The van der Waals surface area contributed by atoms with Crippen molar-refractivity contribution in [2.45, 2.75) is 50.9 Å². The van der Waals surface area contributed by atoms with Crippen molar-refractivity contribution in [3.63, 3.8) is 0 Å². The summed E-state index contributed by atoms with van der Waals surface area (Å²) in [6.07, 6.45) is 1.59. The first-order valence-electron chi connectivity index (χ1n) is 11.6. The highest BCUT2D eigenvalue weighted by Gasteiger charge is 2.45. The number of likely N-dealkylation sites (tertiary alicyclic amines) is 1. The molecule has 1 saturated heterocycles. The van der Waals surface area contributed by atoms with Crippen molar-refractivity contribution in [1.29, 1.82) is 5.26 Å². The minimum atomic E-state index is -1.31. The molecular formula is C26H28N4O4. The van der Waals surface area contributed by atoms with Crippen LogP contribution < -0.4 is 4.74 Å². The van der Waals surface area contributed by atoms with E-state index < -0.39 is 6.29 Å². The van der Waals surface area contributed by atoms with Crippen LogP contribution in [0, 0.1) is 11.3 Å². The lowest BCUT2D eigenvalue weighted by molar-refractivity contribution is -0.0584. The van der Waals surface area contributed by atoms with Crippen LogP contribution in [0.5, 0.6) is 5.75 Å². The Morgan fingerprint density at radius 2 is 2.09 bits per heavy atom. The van der Waals surface area contributed by atoms with Crippen LogP contribution in [0.15, 0.2) is 40.9 Å². The van der Waals surface area contributed by atoms with Gasteiger partial charge in [0.15, 0.2) is 6.29 Å². The van der Waals surface area contributed by atoms with Gasteiger partial charge < -0.3 is 19.5 Å². The van der Waals surface area contributed by atoms with Gasteiger partial charge in [0, 0.05) is 29.6 Å². The lowest BCUT2D eigenvalue weighted by Gasteiger charge is -2.26. The zero-order chi connectivity index (χ0) is 23.9. The van der Waals surface area contributed by atoms with Gasteiger partial charge >= 0.3 is 0 Å². The van der Waals surface area contributed by atoms with Crippen LogP contribution in [0.3, 0.4) is 0 Å². The Labute approximate surface area is 198 Å². The third-order valence-electron chi connectivity index (χ3n) is 6.83. The van der Waals surface area contributed by atoms with Gasteiger partial charge in [-0.1, -0.05) is 23.4 Å². The number of hydrogen-bond donors (Lipinski definition) is 2. The number of ether oxygens (including phenoxy) is 1. The summed E-state index contributed by atoms with van der Waals surface area (Å²) in [5.41, 5.74) is 4.62. The summed E-state index contributed by atoms with van der Waals surface area (Å²) in [6, 6.07) is 13.7. The van der Waals surface area contributed by atoms with E-state index >= 15 is 0 Å². The van der Waals surface area contributed by atoms with Gasteiger partial charge in [-0.2, -0.15) is 10.2 Å². The molecular weight excluding hydrogens is 432 g/mol. The summed E-state index contributed by atoms with van der Waals surface area (Å²) in [5.74, 6) is 1.42. The summed E-state index contributed by atoms with van der Waals surface area (Å²) < 4.78 is 11.3. The Kier molecular flexibility index (Phi) is 5.86. The highest BCUT2D eigenvalue weighted by molar-refractivity contribution is 5.68. The molecule has 8 nitrogen and oxygen atoms in total. The summed E-state index contributed by atoms with van der Waals surface area (Å²) in [4.78, 5) is 6.78. The molecule has 2 aromatic carbocycles. The van der Waals surface area contributed by atoms with Crippen molar-refractivity contribution >= 4 is 0 Å². The predicted molar refractivity (Wildman–Crippen MR) is 125 cm³/mol. The van der Waals surface area contributed by atoms with Crippen LogP contribution in [-0.4, -0.2) is 57.3 Å². The van der Waals surface area contributed by atoms with Crippen molar-refractivity contribution in [1.82, 2.24) is 15.0 Å². The van der Waals surface area contributed by atoms with Gasteiger partial charge in [-0.3, -0.25) is 4.90 Å². The smallest absolute Gasteiger partial charge is 0.258 e. The third kappa shape index (κ3) is 4.07. The van der Waals surface area contributed by atoms with Gasteiger partial charge in [0.25, 0.3) is 5.89 Å². The van der Waals surface area contributed by atoms with Gasteiger partial charge in [-0.25, -0.2) is 0 Å². The van der Waals surface area contributed by atoms with E-state index in [1.54, 1.807) is 12.1 Å². The highest BCUT2D eigenvalue weighted by Crippen LogP contribution is 2.48. The van der Waals surface area contributed by atoms with Gasteiger partial charge in [0.2, 0.25) is 5.82 Å². The lowest BCUT2D eigenvalue weighted by atomic mass is 9.81. The fraction of sp³-hybridized carbons (Fsp3) is 0.423. The van der Waals surface area contributed by atoms with Crippen LogP contribution >= 0.6 is 0 Å². The number of β-amino-alcohol motifs (C(OH)–C–C–N with tert-alkyl or cyclic N) is 2. The van der Waals surface area contributed by atoms with E-state index in [0.29, 0.717) is 28.6 Å². The molecule has 3 aromatic rings. The topological polar surface area (TPSA) is 116 Å². The molecule has 1 aliphatic heterocycles. The second-order valence-electron chi connectivity index (χ2n) is 9.49. The van der Waals surface area contributed by atoms with E-state index in [9.17, 15) is 15.5 Å². The number of rotatable bonds is 6. The van der Waals surface area contributed by atoms with E-state index in [1.807, 2.05) is 32.0 Å². The first kappa shape index (κ1) is 22.5. The molecule has 34 heavy (non-hydrogen) atoms. The Hall–Kier alpha value is -3.25. The largest absolute Gasteiger partial charge is 0.490 e. The van der Waals surface area contributed by atoms with Gasteiger partial charge in [-0.05, 0) is 69.0 Å². The number of benzene rings is 2. The Balaban J connectivity index is 1.43. The third-order valence-corrected chi connectivity index (χ3v) is 6.83. The minimum absolute atomic E-state index is 0.0285. The van der Waals surface area contributed by atoms with Crippen molar-refractivity contribution in [2.24, 2.45) is 0 Å². The van der Waals surface area contributed by atoms with Crippen molar-refractivity contribution in [3.8, 4) is 34.7 Å². The Bertz CT molecular complexity index is 1250. The van der Waals surface area contributed by atoms with Gasteiger partial charge in [0.1, 0.15) is 11.8 Å². The molecule has 1 fully saturated rings. The maximum absolute atomic E-state index is 9.53. The maximum Gasteiger partial charge on any atom is 0.258 e. The first-order valence-corrected chi connectivity index (χ1v) is 11.6. The van der Waals surface area contributed by atoms with E-state index in [2.05, 4.69) is 27.2 Å². The zero-order valence-electron chi connectivity index (χ0n) is 19.4. The van der Waals surface area contributed by atoms with E-state index in [-0.39, 0.29) is 18.1 Å². The quantitative estimate of drug-likeness (QED) is 0.539. The SMILES string of the molecule is CC(C)Oc1ccc(-c2nc(-c3cccc4c3CCC43CCN(CC(O)O)C3)no2)cc1C#N. The van der Waals surface area contributed by atoms with Crippen molar-refractivity contribution in [2.75, 3.05) is 19.6 Å². The van der Waals surface area contributed by atoms with Crippen LogP contribution in [-0.2, 0) is 11.8 Å². The Morgan fingerprint density at radius 1 is 1.24 bits per heavy atom. The number of aromatic nitrogens is 2. The number of nitrogens with zero attached hydrogens (tertiary/aromatic N) is 4. The predicted octanol–water partition coefficient (Wildman–Crippen LogP) is 3.26. The van der Waals surface area contributed by atoms with Gasteiger partial charge in [-0.15, -0.1) is 0 Å². The molecule has 0 bridgehead atoms. The van der Waals surface area contributed by atoms with Crippen molar-refractivity contribution < 1.29 is 19.5 Å². The molecule has 1 spiro atoms. The molecule has 8 heteroatoms.